The van der Waals surface area contributed by atoms with Crippen LogP contribution in [-0.4, -0.2) is 23.5 Å². The highest BCUT2D eigenvalue weighted by atomic mass is 79.9. The van der Waals surface area contributed by atoms with Gasteiger partial charge in [-0.1, -0.05) is 20.8 Å². The number of benzene rings is 2. The lowest BCUT2D eigenvalue weighted by Crippen LogP contribution is -2.34. The average Bonchev–Trinajstić information content (AvgIpc) is 2.68. The van der Waals surface area contributed by atoms with E-state index in [4.69, 9.17) is 17.0 Å². The largest absolute Gasteiger partial charge is 0.492 e. The standard InChI is InChI=1S/C22H26BrN3O3S/c1-4-5-20(27)24-16-7-9-17(10-8-16)25-22(30)26-21(28)15-6-11-19(18(23)12-15)29-13-14(2)3/h6-12,14H,4-5,13H2,1-3H3,(H,24,27)(H2,25,26,28,30). The molecule has 0 spiro atoms. The van der Waals surface area contributed by atoms with Crippen molar-refractivity contribution in [2.24, 2.45) is 5.92 Å². The fraction of sp³-hybridized carbons (Fsp3) is 0.318. The summed E-state index contributed by atoms with van der Waals surface area (Å²) in [5.74, 6) is 0.747. The second kappa shape index (κ2) is 11.7. The van der Waals surface area contributed by atoms with Crippen molar-refractivity contribution in [1.82, 2.24) is 5.32 Å². The van der Waals surface area contributed by atoms with E-state index in [1.807, 2.05) is 6.92 Å². The molecule has 0 aliphatic rings. The third-order valence-electron chi connectivity index (χ3n) is 3.90. The van der Waals surface area contributed by atoms with Gasteiger partial charge in [0.25, 0.3) is 5.91 Å². The Morgan fingerprint density at radius 3 is 2.27 bits per heavy atom. The van der Waals surface area contributed by atoms with Crippen molar-refractivity contribution in [3.8, 4) is 5.75 Å². The van der Waals surface area contributed by atoms with Crippen LogP contribution in [0.1, 0.15) is 44.0 Å². The summed E-state index contributed by atoms with van der Waals surface area (Å²) in [4.78, 5) is 24.1. The molecule has 2 amide bonds. The molecule has 0 saturated heterocycles. The Hall–Kier alpha value is -2.45. The summed E-state index contributed by atoms with van der Waals surface area (Å²) < 4.78 is 6.40. The van der Waals surface area contributed by atoms with E-state index in [0.29, 0.717) is 46.1 Å². The molecule has 0 saturated carbocycles. The molecule has 0 unspecified atom stereocenters. The van der Waals surface area contributed by atoms with E-state index in [2.05, 4.69) is 45.7 Å². The number of hydrogen-bond acceptors (Lipinski definition) is 4. The minimum absolute atomic E-state index is 0.0206. The molecule has 2 rings (SSSR count). The molecule has 0 atom stereocenters. The summed E-state index contributed by atoms with van der Waals surface area (Å²) in [5, 5.41) is 8.61. The van der Waals surface area contributed by atoms with E-state index in [0.717, 1.165) is 6.42 Å². The highest BCUT2D eigenvalue weighted by molar-refractivity contribution is 9.10. The number of hydrogen-bond donors (Lipinski definition) is 3. The Bertz CT molecular complexity index is 901. The lowest BCUT2D eigenvalue weighted by Gasteiger charge is -2.13. The quantitative estimate of drug-likeness (QED) is 0.433. The average molecular weight is 492 g/mol. The van der Waals surface area contributed by atoms with E-state index in [-0.39, 0.29) is 16.9 Å². The van der Waals surface area contributed by atoms with Crippen molar-refractivity contribution in [3.05, 3.63) is 52.5 Å². The van der Waals surface area contributed by atoms with Gasteiger partial charge in [-0.2, -0.15) is 0 Å². The van der Waals surface area contributed by atoms with Crippen molar-refractivity contribution in [3.63, 3.8) is 0 Å². The second-order valence-corrected chi connectivity index (χ2v) is 8.40. The lowest BCUT2D eigenvalue weighted by molar-refractivity contribution is -0.116. The van der Waals surface area contributed by atoms with Crippen LogP contribution in [0.4, 0.5) is 11.4 Å². The molecule has 0 aliphatic heterocycles. The number of ether oxygens (including phenoxy) is 1. The molecule has 0 fully saturated rings. The molecule has 0 aliphatic carbocycles. The number of anilines is 2. The van der Waals surface area contributed by atoms with Gasteiger partial charge in [-0.15, -0.1) is 0 Å². The van der Waals surface area contributed by atoms with Gasteiger partial charge >= 0.3 is 0 Å². The third kappa shape index (κ3) is 7.76. The predicted octanol–water partition coefficient (Wildman–Crippen LogP) is 5.35. The molecule has 30 heavy (non-hydrogen) atoms. The first-order valence-electron chi connectivity index (χ1n) is 9.73. The van der Waals surface area contributed by atoms with Crippen molar-refractivity contribution in [2.45, 2.75) is 33.6 Å². The topological polar surface area (TPSA) is 79.5 Å². The van der Waals surface area contributed by atoms with E-state index in [9.17, 15) is 9.59 Å². The summed E-state index contributed by atoms with van der Waals surface area (Å²) >= 11 is 8.66. The zero-order valence-electron chi connectivity index (χ0n) is 17.3. The number of amides is 2. The molecular formula is C22H26BrN3O3S. The highest BCUT2D eigenvalue weighted by Crippen LogP contribution is 2.26. The molecule has 8 heteroatoms. The lowest BCUT2D eigenvalue weighted by atomic mass is 10.2. The third-order valence-corrected chi connectivity index (χ3v) is 4.72. The van der Waals surface area contributed by atoms with Crippen molar-refractivity contribution in [2.75, 3.05) is 17.2 Å². The maximum absolute atomic E-state index is 12.5. The van der Waals surface area contributed by atoms with E-state index < -0.39 is 0 Å². The van der Waals surface area contributed by atoms with Gasteiger partial charge in [0.05, 0.1) is 11.1 Å². The minimum atomic E-state index is -0.327. The summed E-state index contributed by atoms with van der Waals surface area (Å²) in [6, 6.07) is 12.2. The molecule has 0 heterocycles. The number of rotatable bonds is 8. The number of carbonyl (C=O) groups excluding carboxylic acids is 2. The Morgan fingerprint density at radius 1 is 1.07 bits per heavy atom. The summed E-state index contributed by atoms with van der Waals surface area (Å²) in [7, 11) is 0. The summed E-state index contributed by atoms with van der Waals surface area (Å²) in [6.07, 6.45) is 1.28. The molecule has 0 radical (unpaired) electrons. The van der Waals surface area contributed by atoms with E-state index >= 15 is 0 Å². The van der Waals surface area contributed by atoms with E-state index in [1.54, 1.807) is 42.5 Å². The molecule has 3 N–H and O–H groups in total. The molecular weight excluding hydrogens is 466 g/mol. The van der Waals surface area contributed by atoms with Gasteiger partial charge in [-0.3, -0.25) is 14.9 Å². The van der Waals surface area contributed by atoms with Gasteiger partial charge in [0.1, 0.15) is 5.75 Å². The molecule has 0 bridgehead atoms. The predicted molar refractivity (Wildman–Crippen MR) is 128 cm³/mol. The van der Waals surface area contributed by atoms with Crippen LogP contribution in [0.2, 0.25) is 0 Å². The molecule has 2 aromatic carbocycles. The number of thiocarbonyl (C=S) groups is 1. The summed E-state index contributed by atoms with van der Waals surface area (Å²) in [6.45, 7) is 6.69. The Morgan fingerprint density at radius 2 is 1.70 bits per heavy atom. The van der Waals surface area contributed by atoms with Gasteiger partial charge in [0, 0.05) is 23.4 Å². The summed E-state index contributed by atoms with van der Waals surface area (Å²) in [5.41, 5.74) is 1.86. The van der Waals surface area contributed by atoms with Crippen molar-refractivity contribution in [1.29, 1.82) is 0 Å². The van der Waals surface area contributed by atoms with Crippen LogP contribution in [0, 0.1) is 5.92 Å². The maximum Gasteiger partial charge on any atom is 0.257 e. The van der Waals surface area contributed by atoms with Gasteiger partial charge in [0.2, 0.25) is 5.91 Å². The van der Waals surface area contributed by atoms with Crippen LogP contribution in [0.5, 0.6) is 5.75 Å². The van der Waals surface area contributed by atoms with Crippen LogP contribution in [0.15, 0.2) is 46.9 Å². The zero-order valence-corrected chi connectivity index (χ0v) is 19.7. The maximum atomic E-state index is 12.5. The Balaban J connectivity index is 1.90. The van der Waals surface area contributed by atoms with Crippen LogP contribution in [0.3, 0.4) is 0 Å². The normalized spacial score (nSPS) is 10.4. The first-order valence-corrected chi connectivity index (χ1v) is 10.9. The van der Waals surface area contributed by atoms with Crippen LogP contribution in [0.25, 0.3) is 0 Å². The molecule has 6 nitrogen and oxygen atoms in total. The minimum Gasteiger partial charge on any atom is -0.492 e. The SMILES string of the molecule is CCCC(=O)Nc1ccc(NC(=S)NC(=O)c2ccc(OCC(C)C)c(Br)c2)cc1. The highest BCUT2D eigenvalue weighted by Gasteiger charge is 2.11. The molecule has 0 aromatic heterocycles. The second-order valence-electron chi connectivity index (χ2n) is 7.13. The number of nitrogens with one attached hydrogen (secondary N) is 3. The van der Waals surface area contributed by atoms with Crippen LogP contribution in [-0.2, 0) is 4.79 Å². The van der Waals surface area contributed by atoms with Gasteiger partial charge in [0.15, 0.2) is 5.11 Å². The molecule has 2 aromatic rings. The van der Waals surface area contributed by atoms with Crippen LogP contribution < -0.4 is 20.7 Å². The van der Waals surface area contributed by atoms with Crippen LogP contribution >= 0.6 is 28.1 Å². The zero-order chi connectivity index (χ0) is 22.1. The first-order chi connectivity index (χ1) is 14.3. The van der Waals surface area contributed by atoms with Gasteiger partial charge in [-0.05, 0) is 83.0 Å². The number of halogens is 1. The van der Waals surface area contributed by atoms with E-state index in [1.165, 1.54) is 0 Å². The fourth-order valence-electron chi connectivity index (χ4n) is 2.44. The first kappa shape index (κ1) is 23.8. The van der Waals surface area contributed by atoms with Crippen molar-refractivity contribution >= 4 is 56.4 Å². The number of carbonyl (C=O) groups is 2. The van der Waals surface area contributed by atoms with Gasteiger partial charge in [-0.25, -0.2) is 0 Å². The Kier molecular flexibility index (Phi) is 9.26. The fourth-order valence-corrected chi connectivity index (χ4v) is 3.14. The monoisotopic (exact) mass is 491 g/mol. The van der Waals surface area contributed by atoms with Gasteiger partial charge < -0.3 is 15.4 Å². The smallest absolute Gasteiger partial charge is 0.257 e. The van der Waals surface area contributed by atoms with Crippen molar-refractivity contribution < 1.29 is 14.3 Å². The Labute approximate surface area is 190 Å². The molecule has 160 valence electrons.